The lowest BCUT2D eigenvalue weighted by Gasteiger charge is -2.13. The van der Waals surface area contributed by atoms with Crippen LogP contribution in [0, 0.1) is 0 Å². The zero-order valence-electron chi connectivity index (χ0n) is 16.1. The van der Waals surface area contributed by atoms with Gasteiger partial charge in [0.25, 0.3) is 5.91 Å². The van der Waals surface area contributed by atoms with Crippen molar-refractivity contribution < 1.29 is 19.1 Å². The molecule has 30 heavy (non-hydrogen) atoms. The minimum absolute atomic E-state index is 0.142. The van der Waals surface area contributed by atoms with E-state index >= 15 is 0 Å². The Balaban J connectivity index is 1.63. The predicted octanol–water partition coefficient (Wildman–Crippen LogP) is 4.43. The van der Waals surface area contributed by atoms with Gasteiger partial charge in [-0.2, -0.15) is 0 Å². The third-order valence-electron chi connectivity index (χ3n) is 4.20. The van der Waals surface area contributed by atoms with E-state index in [1.54, 1.807) is 54.6 Å². The average molecular weight is 425 g/mol. The smallest absolute Gasteiger partial charge is 0.259 e. The second-order valence-corrected chi connectivity index (χ2v) is 6.83. The molecule has 0 aromatic heterocycles. The Bertz CT molecular complexity index is 1020. The highest BCUT2D eigenvalue weighted by Gasteiger charge is 2.13. The Kier molecular flexibility index (Phi) is 7.29. The largest absolute Gasteiger partial charge is 0.493 e. The number of nitrogens with one attached hydrogen (secondary N) is 1. The Morgan fingerprint density at radius 2 is 1.60 bits per heavy atom. The van der Waals surface area contributed by atoms with E-state index in [0.29, 0.717) is 27.8 Å². The number of para-hydroxylation sites is 1. The number of hydrogen-bond acceptors (Lipinski definition) is 4. The summed E-state index contributed by atoms with van der Waals surface area (Å²) >= 11 is 6.17. The number of hydrogen-bond donors (Lipinski definition) is 2. The molecule has 0 unspecified atom stereocenters. The summed E-state index contributed by atoms with van der Waals surface area (Å²) in [6.45, 7) is 0.457. The van der Waals surface area contributed by atoms with Crippen molar-refractivity contribution in [2.24, 2.45) is 5.73 Å². The summed E-state index contributed by atoms with van der Waals surface area (Å²) in [5.74, 6) is 0.320. The monoisotopic (exact) mass is 424 g/mol. The highest BCUT2D eigenvalue weighted by atomic mass is 35.5. The highest BCUT2D eigenvalue weighted by Crippen LogP contribution is 2.23. The lowest BCUT2D eigenvalue weighted by Crippen LogP contribution is -2.15. The van der Waals surface area contributed by atoms with Gasteiger partial charge in [-0.15, -0.1) is 0 Å². The number of halogens is 1. The first-order valence-corrected chi connectivity index (χ1v) is 9.68. The Morgan fingerprint density at radius 1 is 0.900 bits per heavy atom. The number of primary amides is 1. The van der Waals surface area contributed by atoms with Gasteiger partial charge in [-0.25, -0.2) is 0 Å². The maximum absolute atomic E-state index is 12.7. The fraction of sp³-hybridized carbons (Fsp3) is 0.130. The number of benzene rings is 3. The van der Waals surface area contributed by atoms with Crippen molar-refractivity contribution in [1.82, 2.24) is 0 Å². The van der Waals surface area contributed by atoms with E-state index in [4.69, 9.17) is 26.8 Å². The van der Waals surface area contributed by atoms with Crippen LogP contribution < -0.4 is 20.5 Å². The molecular formula is C23H21ClN2O4. The predicted molar refractivity (Wildman–Crippen MR) is 116 cm³/mol. The molecule has 3 N–H and O–H groups in total. The topological polar surface area (TPSA) is 90.7 Å². The molecule has 6 nitrogen and oxygen atoms in total. The number of carbonyl (C=O) groups excluding carboxylic acids is 2. The SMILES string of the molecule is NC(=O)CCOc1ccc(NC(=O)c2ccccc2OCc2ccccc2Cl)cc1. The Morgan fingerprint density at radius 3 is 2.33 bits per heavy atom. The van der Waals surface area contributed by atoms with Crippen molar-refractivity contribution >= 4 is 29.1 Å². The molecule has 0 aliphatic heterocycles. The van der Waals surface area contributed by atoms with Gasteiger partial charge in [0.2, 0.25) is 5.91 Å². The molecule has 7 heteroatoms. The quantitative estimate of drug-likeness (QED) is 0.531. The molecule has 3 aromatic rings. The van der Waals surface area contributed by atoms with Crippen molar-refractivity contribution in [3.8, 4) is 11.5 Å². The van der Waals surface area contributed by atoms with Crippen LogP contribution in [0.4, 0.5) is 5.69 Å². The van der Waals surface area contributed by atoms with Gasteiger partial charge in [0.1, 0.15) is 18.1 Å². The average Bonchev–Trinajstić information content (AvgIpc) is 2.74. The molecule has 0 spiro atoms. The number of carbonyl (C=O) groups is 2. The molecule has 0 atom stereocenters. The van der Waals surface area contributed by atoms with Gasteiger partial charge >= 0.3 is 0 Å². The van der Waals surface area contributed by atoms with Gasteiger partial charge in [-0.05, 0) is 42.5 Å². The Hall–Kier alpha value is -3.51. The number of nitrogens with two attached hydrogens (primary N) is 1. The van der Waals surface area contributed by atoms with Gasteiger partial charge in [0, 0.05) is 16.3 Å². The minimum Gasteiger partial charge on any atom is -0.493 e. The molecule has 0 bridgehead atoms. The van der Waals surface area contributed by atoms with Crippen LogP contribution in [-0.4, -0.2) is 18.4 Å². The van der Waals surface area contributed by atoms with Crippen molar-refractivity contribution in [2.45, 2.75) is 13.0 Å². The molecule has 3 rings (SSSR count). The van der Waals surface area contributed by atoms with E-state index in [1.165, 1.54) is 0 Å². The van der Waals surface area contributed by atoms with Crippen LogP contribution in [0.15, 0.2) is 72.8 Å². The fourth-order valence-electron chi connectivity index (χ4n) is 2.65. The van der Waals surface area contributed by atoms with E-state index in [0.717, 1.165) is 5.56 Å². The standard InChI is InChI=1S/C23H21ClN2O4/c24-20-7-3-1-5-16(20)15-30-21-8-4-2-6-19(21)23(28)26-17-9-11-18(12-10-17)29-14-13-22(25)27/h1-12H,13-15H2,(H2,25,27)(H,26,28). The number of ether oxygens (including phenoxy) is 2. The summed E-state index contributed by atoms with van der Waals surface area (Å²) in [4.78, 5) is 23.5. The van der Waals surface area contributed by atoms with Crippen LogP contribution in [0.25, 0.3) is 0 Å². The molecule has 0 heterocycles. The van der Waals surface area contributed by atoms with E-state index in [9.17, 15) is 9.59 Å². The zero-order chi connectivity index (χ0) is 21.3. The maximum Gasteiger partial charge on any atom is 0.259 e. The molecule has 0 aliphatic rings. The van der Waals surface area contributed by atoms with E-state index in [1.807, 2.05) is 18.2 Å². The van der Waals surface area contributed by atoms with Gasteiger partial charge in [-0.3, -0.25) is 9.59 Å². The summed E-state index contributed by atoms with van der Waals surface area (Å²) in [5, 5.41) is 3.44. The summed E-state index contributed by atoms with van der Waals surface area (Å²) in [6.07, 6.45) is 0.142. The van der Waals surface area contributed by atoms with Crippen LogP contribution >= 0.6 is 11.6 Å². The highest BCUT2D eigenvalue weighted by molar-refractivity contribution is 6.31. The summed E-state index contributed by atoms with van der Waals surface area (Å²) < 4.78 is 11.3. The third kappa shape index (κ3) is 5.99. The maximum atomic E-state index is 12.7. The third-order valence-corrected chi connectivity index (χ3v) is 4.57. The van der Waals surface area contributed by atoms with Crippen LogP contribution in [0.1, 0.15) is 22.3 Å². The molecule has 0 aliphatic carbocycles. The molecule has 2 amide bonds. The molecule has 3 aromatic carbocycles. The van der Waals surface area contributed by atoms with Gasteiger partial charge in [-0.1, -0.05) is 41.9 Å². The van der Waals surface area contributed by atoms with Crippen LogP contribution in [0.2, 0.25) is 5.02 Å². The van der Waals surface area contributed by atoms with Crippen LogP contribution in [-0.2, 0) is 11.4 Å². The number of amides is 2. The van der Waals surface area contributed by atoms with Crippen molar-refractivity contribution in [3.05, 3.63) is 88.9 Å². The second kappa shape index (κ2) is 10.3. The Labute approximate surface area is 179 Å². The summed E-state index contributed by atoms with van der Waals surface area (Å²) in [6, 6.07) is 21.2. The molecule has 154 valence electrons. The van der Waals surface area contributed by atoms with E-state index in [2.05, 4.69) is 5.32 Å². The van der Waals surface area contributed by atoms with Crippen molar-refractivity contribution in [1.29, 1.82) is 0 Å². The van der Waals surface area contributed by atoms with Gasteiger partial charge in [0.05, 0.1) is 18.6 Å². The minimum atomic E-state index is -0.422. The molecular weight excluding hydrogens is 404 g/mol. The molecule has 0 radical (unpaired) electrons. The molecule has 0 saturated heterocycles. The number of anilines is 1. The van der Waals surface area contributed by atoms with Crippen molar-refractivity contribution in [2.75, 3.05) is 11.9 Å². The van der Waals surface area contributed by atoms with E-state index < -0.39 is 5.91 Å². The van der Waals surface area contributed by atoms with Crippen LogP contribution in [0.3, 0.4) is 0 Å². The summed E-state index contributed by atoms with van der Waals surface area (Å²) in [7, 11) is 0. The first-order valence-electron chi connectivity index (χ1n) is 9.30. The summed E-state index contributed by atoms with van der Waals surface area (Å²) in [5.41, 5.74) is 6.93. The number of rotatable bonds is 9. The first kappa shape index (κ1) is 21.2. The normalized spacial score (nSPS) is 10.3. The lowest BCUT2D eigenvalue weighted by molar-refractivity contribution is -0.118. The van der Waals surface area contributed by atoms with E-state index in [-0.39, 0.29) is 25.5 Å². The molecule has 0 saturated carbocycles. The van der Waals surface area contributed by atoms with Crippen molar-refractivity contribution in [3.63, 3.8) is 0 Å². The molecule has 0 fully saturated rings. The first-order chi connectivity index (χ1) is 14.5. The van der Waals surface area contributed by atoms with Crippen LogP contribution in [0.5, 0.6) is 11.5 Å². The second-order valence-electron chi connectivity index (χ2n) is 6.42. The fourth-order valence-corrected chi connectivity index (χ4v) is 2.84. The zero-order valence-corrected chi connectivity index (χ0v) is 16.9. The van der Waals surface area contributed by atoms with Gasteiger partial charge in [0.15, 0.2) is 0 Å². The van der Waals surface area contributed by atoms with Gasteiger partial charge < -0.3 is 20.5 Å². The lowest BCUT2D eigenvalue weighted by atomic mass is 10.1.